The van der Waals surface area contributed by atoms with Crippen molar-refractivity contribution in [3.05, 3.63) is 60.1 Å². The van der Waals surface area contributed by atoms with E-state index < -0.39 is 12.1 Å². The number of nitrogens with zero attached hydrogens (tertiary/aromatic N) is 3. The average Bonchev–Trinajstić information content (AvgIpc) is 2.85. The summed E-state index contributed by atoms with van der Waals surface area (Å²) in [6.45, 7) is 9.98. The molecule has 0 spiro atoms. The lowest BCUT2D eigenvalue weighted by Gasteiger charge is -2.18. The lowest BCUT2D eigenvalue weighted by Crippen LogP contribution is -2.26. The van der Waals surface area contributed by atoms with Crippen molar-refractivity contribution in [2.24, 2.45) is 5.10 Å². The molecule has 3 aromatic rings. The second kappa shape index (κ2) is 12.7. The molecule has 8 nitrogen and oxygen atoms in total. The summed E-state index contributed by atoms with van der Waals surface area (Å²) in [5, 5.41) is 5.02. The number of halogens is 2. The van der Waals surface area contributed by atoms with Gasteiger partial charge in [0.25, 0.3) is 5.56 Å². The minimum Gasteiger partial charge on any atom is -0.490 e. The Labute approximate surface area is 232 Å². The van der Waals surface area contributed by atoms with E-state index >= 15 is 0 Å². The number of benzene rings is 2. The van der Waals surface area contributed by atoms with E-state index in [0.717, 1.165) is 14.5 Å². The van der Waals surface area contributed by atoms with Gasteiger partial charge in [-0.05, 0) is 85.7 Å². The van der Waals surface area contributed by atoms with Crippen LogP contribution in [-0.4, -0.2) is 41.2 Å². The quantitative estimate of drug-likeness (QED) is 0.152. The van der Waals surface area contributed by atoms with E-state index in [2.05, 4.69) is 43.6 Å². The predicted molar refractivity (Wildman–Crippen MR) is 152 cm³/mol. The third-order valence-electron chi connectivity index (χ3n) is 5.45. The van der Waals surface area contributed by atoms with Crippen molar-refractivity contribution < 1.29 is 19.0 Å². The van der Waals surface area contributed by atoms with Crippen LogP contribution in [0.4, 0.5) is 0 Å². The highest BCUT2D eigenvalue weighted by atomic mass is 127. The van der Waals surface area contributed by atoms with E-state index in [9.17, 15) is 9.59 Å². The molecule has 0 saturated heterocycles. The zero-order valence-corrected chi connectivity index (χ0v) is 24.6. The maximum absolute atomic E-state index is 13.4. The van der Waals surface area contributed by atoms with Crippen LogP contribution in [0.1, 0.15) is 58.3 Å². The molecule has 192 valence electrons. The Morgan fingerprint density at radius 1 is 1.19 bits per heavy atom. The third kappa shape index (κ3) is 6.44. The van der Waals surface area contributed by atoms with Crippen LogP contribution in [0, 0.1) is 3.57 Å². The minimum absolute atomic E-state index is 0.0298. The van der Waals surface area contributed by atoms with Crippen LogP contribution in [0.2, 0.25) is 0 Å². The standard InChI is InChI=1S/C26H29BrIN3O5/c1-6-15(4)24-30-21-10-9-18(27)13-19(21)25(32)31(24)29-14-17-11-20(28)23(22(12-17)34-7-2)36-16(5)26(33)35-8-3/h9-16H,6-8H2,1-5H3/t15-,16+/m0/s1. The van der Waals surface area contributed by atoms with E-state index in [4.69, 9.17) is 19.2 Å². The number of fused-ring (bicyclic) bond motifs is 1. The van der Waals surface area contributed by atoms with Gasteiger partial charge >= 0.3 is 5.97 Å². The van der Waals surface area contributed by atoms with E-state index in [1.165, 1.54) is 4.68 Å². The first-order chi connectivity index (χ1) is 17.2. The maximum Gasteiger partial charge on any atom is 0.347 e. The van der Waals surface area contributed by atoms with Crippen molar-refractivity contribution in [1.82, 2.24) is 9.66 Å². The molecule has 2 atom stereocenters. The summed E-state index contributed by atoms with van der Waals surface area (Å²) >= 11 is 5.55. The lowest BCUT2D eigenvalue weighted by molar-refractivity contribution is -0.150. The van der Waals surface area contributed by atoms with Gasteiger partial charge in [0, 0.05) is 10.4 Å². The highest BCUT2D eigenvalue weighted by Gasteiger charge is 2.21. The molecule has 0 radical (unpaired) electrons. The van der Waals surface area contributed by atoms with Crippen LogP contribution in [-0.2, 0) is 9.53 Å². The predicted octanol–water partition coefficient (Wildman–Crippen LogP) is 5.89. The zero-order valence-electron chi connectivity index (χ0n) is 20.9. The maximum atomic E-state index is 13.4. The second-order valence-electron chi connectivity index (χ2n) is 8.08. The first-order valence-corrected chi connectivity index (χ1v) is 13.6. The minimum atomic E-state index is -0.795. The number of hydrogen-bond donors (Lipinski definition) is 0. The van der Waals surface area contributed by atoms with Crippen LogP contribution >= 0.6 is 38.5 Å². The Hall–Kier alpha value is -2.47. The summed E-state index contributed by atoms with van der Waals surface area (Å²) in [5.74, 6) is 1.09. The molecule has 2 aromatic carbocycles. The lowest BCUT2D eigenvalue weighted by atomic mass is 10.1. The summed E-state index contributed by atoms with van der Waals surface area (Å²) in [7, 11) is 0. The number of rotatable bonds is 10. The van der Waals surface area contributed by atoms with Gasteiger partial charge in [0.1, 0.15) is 5.82 Å². The molecule has 3 rings (SSSR count). The molecule has 0 unspecified atom stereocenters. The Morgan fingerprint density at radius 3 is 2.61 bits per heavy atom. The van der Waals surface area contributed by atoms with Crippen LogP contribution < -0.4 is 15.0 Å². The van der Waals surface area contributed by atoms with Gasteiger partial charge in [-0.1, -0.05) is 29.8 Å². The number of carbonyl (C=O) groups is 1. The smallest absolute Gasteiger partial charge is 0.347 e. The topological polar surface area (TPSA) is 92.0 Å². The molecule has 0 saturated carbocycles. The van der Waals surface area contributed by atoms with Crippen molar-refractivity contribution in [1.29, 1.82) is 0 Å². The summed E-state index contributed by atoms with van der Waals surface area (Å²) in [6, 6.07) is 9.06. The zero-order chi connectivity index (χ0) is 26.4. The van der Waals surface area contributed by atoms with E-state index in [0.29, 0.717) is 40.4 Å². The van der Waals surface area contributed by atoms with Gasteiger partial charge in [-0.25, -0.2) is 9.78 Å². The number of carbonyl (C=O) groups excluding carboxylic acids is 1. The van der Waals surface area contributed by atoms with Crippen LogP contribution in [0.25, 0.3) is 10.9 Å². The highest BCUT2D eigenvalue weighted by Crippen LogP contribution is 2.35. The molecule has 36 heavy (non-hydrogen) atoms. The normalized spacial score (nSPS) is 13.1. The monoisotopic (exact) mass is 669 g/mol. The first-order valence-electron chi connectivity index (χ1n) is 11.8. The molecule has 1 aromatic heterocycles. The van der Waals surface area contributed by atoms with Gasteiger partial charge in [-0.2, -0.15) is 9.78 Å². The largest absolute Gasteiger partial charge is 0.490 e. The van der Waals surface area contributed by atoms with Gasteiger partial charge in [0.05, 0.1) is 33.9 Å². The van der Waals surface area contributed by atoms with Gasteiger partial charge in [0.2, 0.25) is 0 Å². The Bertz CT molecular complexity index is 1340. The number of aromatic nitrogens is 2. The number of ether oxygens (including phenoxy) is 3. The molecule has 10 heteroatoms. The van der Waals surface area contributed by atoms with E-state index in [-0.39, 0.29) is 18.1 Å². The van der Waals surface area contributed by atoms with Crippen molar-refractivity contribution in [2.75, 3.05) is 13.2 Å². The SMILES string of the molecule is CCOC(=O)[C@@H](C)Oc1c(I)cc(C=Nn2c([C@@H](C)CC)nc3ccc(Br)cc3c2=O)cc1OCC. The van der Waals surface area contributed by atoms with Gasteiger partial charge in [-0.15, -0.1) is 0 Å². The molecular formula is C26H29BrIN3O5. The Morgan fingerprint density at radius 2 is 1.94 bits per heavy atom. The Balaban J connectivity index is 2.06. The summed E-state index contributed by atoms with van der Waals surface area (Å²) in [4.78, 5) is 30.2. The second-order valence-corrected chi connectivity index (χ2v) is 10.2. The van der Waals surface area contributed by atoms with Crippen molar-refractivity contribution in [2.45, 2.75) is 53.1 Å². The molecule has 0 aliphatic rings. The molecular weight excluding hydrogens is 641 g/mol. The average molecular weight is 670 g/mol. The van der Waals surface area contributed by atoms with Crippen LogP contribution in [0.3, 0.4) is 0 Å². The van der Waals surface area contributed by atoms with Crippen LogP contribution in [0.15, 0.2) is 44.7 Å². The fraction of sp³-hybridized carbons (Fsp3) is 0.385. The molecule has 0 amide bonds. The number of hydrogen-bond acceptors (Lipinski definition) is 7. The van der Waals surface area contributed by atoms with Crippen molar-refractivity contribution in [3.8, 4) is 11.5 Å². The molecule has 0 aliphatic heterocycles. The molecule has 0 fully saturated rings. The third-order valence-corrected chi connectivity index (χ3v) is 6.75. The Kier molecular flexibility index (Phi) is 9.89. The summed E-state index contributed by atoms with van der Waals surface area (Å²) in [6.07, 6.45) is 1.61. The fourth-order valence-corrected chi connectivity index (χ4v) is 4.54. The molecule has 0 N–H and O–H groups in total. The molecule has 0 bridgehead atoms. The summed E-state index contributed by atoms with van der Waals surface area (Å²) in [5.41, 5.74) is 1.10. The summed E-state index contributed by atoms with van der Waals surface area (Å²) < 4.78 is 19.6. The van der Waals surface area contributed by atoms with Crippen molar-refractivity contribution in [3.63, 3.8) is 0 Å². The van der Waals surface area contributed by atoms with E-state index in [1.807, 2.05) is 39.0 Å². The fourth-order valence-electron chi connectivity index (χ4n) is 3.43. The van der Waals surface area contributed by atoms with Gasteiger partial charge < -0.3 is 14.2 Å². The van der Waals surface area contributed by atoms with Gasteiger partial charge in [-0.3, -0.25) is 4.79 Å². The molecule has 1 heterocycles. The van der Waals surface area contributed by atoms with Crippen molar-refractivity contribution >= 4 is 61.6 Å². The van der Waals surface area contributed by atoms with Crippen LogP contribution in [0.5, 0.6) is 11.5 Å². The molecule has 0 aliphatic carbocycles. The number of esters is 1. The van der Waals surface area contributed by atoms with Gasteiger partial charge in [0.15, 0.2) is 17.6 Å². The highest BCUT2D eigenvalue weighted by molar-refractivity contribution is 14.1. The van der Waals surface area contributed by atoms with E-state index in [1.54, 1.807) is 32.2 Å². The first kappa shape index (κ1) is 28.1.